The first-order valence-electron chi connectivity index (χ1n) is 14.9. The highest BCUT2D eigenvalue weighted by Gasteiger charge is 2.27. The molecule has 1 heterocycles. The predicted molar refractivity (Wildman–Crippen MR) is 171 cm³/mol. The molecule has 1 amide bonds. The lowest BCUT2D eigenvalue weighted by Crippen LogP contribution is -2.37. The van der Waals surface area contributed by atoms with Gasteiger partial charge in [-0.1, -0.05) is 24.3 Å². The Labute approximate surface area is 268 Å². The zero-order valence-corrected chi connectivity index (χ0v) is 26.8. The van der Waals surface area contributed by atoms with E-state index in [0.717, 1.165) is 0 Å². The average molecular weight is 654 g/mol. The molecule has 0 unspecified atom stereocenters. The molecular weight excluding hydrogens is 614 g/mol. The molecule has 1 aromatic heterocycles. The van der Waals surface area contributed by atoms with Crippen LogP contribution in [0.15, 0.2) is 60.7 Å². The number of nitrogens with one attached hydrogen (secondary N) is 1. The minimum absolute atomic E-state index is 0.0620. The lowest BCUT2D eigenvalue weighted by molar-refractivity contribution is -0.645. The fourth-order valence-corrected chi connectivity index (χ4v) is 5.68. The third kappa shape index (κ3) is 9.06. The second-order valence-electron chi connectivity index (χ2n) is 10.5. The summed E-state index contributed by atoms with van der Waals surface area (Å²) >= 11 is 0. The molecule has 3 aromatic carbocycles. The van der Waals surface area contributed by atoms with E-state index >= 15 is 0 Å². The van der Waals surface area contributed by atoms with Crippen molar-refractivity contribution < 1.29 is 46.1 Å². The molecule has 0 bridgehead atoms. The molecule has 0 aliphatic rings. The van der Waals surface area contributed by atoms with Gasteiger partial charge in [0.2, 0.25) is 11.0 Å². The smallest absolute Gasteiger partial charge is 0.345 e. The van der Waals surface area contributed by atoms with E-state index in [4.69, 9.17) is 24.7 Å². The highest BCUT2D eigenvalue weighted by atomic mass is 32.2. The van der Waals surface area contributed by atoms with Crippen molar-refractivity contribution in [1.29, 1.82) is 0 Å². The molecule has 4 rings (SSSR count). The van der Waals surface area contributed by atoms with E-state index in [-0.39, 0.29) is 31.2 Å². The molecular formula is C33H39N3O9S. The molecule has 0 saturated heterocycles. The molecule has 0 radical (unpaired) electrons. The van der Waals surface area contributed by atoms with E-state index in [2.05, 4.69) is 5.32 Å². The van der Waals surface area contributed by atoms with Gasteiger partial charge in [0.15, 0.2) is 6.54 Å². The molecule has 3 N–H and O–H groups in total. The number of fused-ring (bicyclic) bond motifs is 2. The number of hydrogen-bond donors (Lipinski definition) is 2. The topological polar surface area (TPSA) is 170 Å². The summed E-state index contributed by atoms with van der Waals surface area (Å²) in [4.78, 5) is 27.1. The van der Waals surface area contributed by atoms with Crippen LogP contribution in [0.5, 0.6) is 5.75 Å². The summed E-state index contributed by atoms with van der Waals surface area (Å²) in [6.45, 7) is 4.13. The first-order valence-corrected chi connectivity index (χ1v) is 16.5. The van der Waals surface area contributed by atoms with Gasteiger partial charge >= 0.3 is 5.97 Å². The Morgan fingerprint density at radius 1 is 0.935 bits per heavy atom. The average Bonchev–Trinajstić information content (AvgIpc) is 3.03. The molecule has 12 nitrogen and oxygen atoms in total. The number of nitrogens with two attached hydrogens (primary N) is 1. The molecule has 0 atom stereocenters. The number of carbonyl (C=O) groups is 2. The predicted octanol–water partition coefficient (Wildman–Crippen LogP) is 2.61. The summed E-state index contributed by atoms with van der Waals surface area (Å²) in [5, 5.41) is 4.01. The fourth-order valence-electron chi connectivity index (χ4n) is 5.20. The number of methoxy groups -OCH3 is 1. The fraction of sp³-hybridized carbons (Fsp3) is 0.364. The minimum atomic E-state index is -4.38. The number of nitrogens with zero attached hydrogens (tertiary/aromatic N) is 1. The second kappa shape index (κ2) is 16.5. The van der Waals surface area contributed by atoms with Crippen LogP contribution in [0.2, 0.25) is 0 Å². The number of ether oxygens (including phenoxy) is 4. The van der Waals surface area contributed by atoms with Crippen LogP contribution in [0.1, 0.15) is 38.3 Å². The Hall–Kier alpha value is -3.98. The van der Waals surface area contributed by atoms with Crippen LogP contribution in [0, 0.1) is 6.92 Å². The number of para-hydroxylation sites is 2. The lowest BCUT2D eigenvalue weighted by atomic mass is 10.0. The summed E-state index contributed by atoms with van der Waals surface area (Å²) in [7, 11) is -2.82. The number of esters is 1. The number of aryl methyl sites for hydroxylation is 2. The maximum Gasteiger partial charge on any atom is 0.345 e. The van der Waals surface area contributed by atoms with Crippen LogP contribution in [-0.4, -0.2) is 77.2 Å². The van der Waals surface area contributed by atoms with Crippen LogP contribution in [-0.2, 0) is 37.5 Å². The Kier molecular flexibility index (Phi) is 12.5. The van der Waals surface area contributed by atoms with E-state index in [0.29, 0.717) is 83.6 Å². The highest BCUT2D eigenvalue weighted by molar-refractivity contribution is 7.85. The van der Waals surface area contributed by atoms with E-state index in [1.54, 1.807) is 50.4 Å². The Bertz CT molecular complexity index is 1740. The summed E-state index contributed by atoms with van der Waals surface area (Å²) in [6.07, 6.45) is 0.112. The summed E-state index contributed by atoms with van der Waals surface area (Å²) in [5.41, 5.74) is 8.56. The van der Waals surface area contributed by atoms with Gasteiger partial charge in [-0.05, 0) is 36.8 Å². The third-order valence-electron chi connectivity index (χ3n) is 7.20. The van der Waals surface area contributed by atoms with Crippen LogP contribution in [0.25, 0.3) is 21.8 Å². The van der Waals surface area contributed by atoms with Gasteiger partial charge in [0.25, 0.3) is 5.91 Å². The van der Waals surface area contributed by atoms with E-state index < -0.39 is 21.8 Å². The molecule has 4 aromatic rings. The number of aromatic nitrogens is 1. The maximum absolute atomic E-state index is 14.1. The van der Waals surface area contributed by atoms with Gasteiger partial charge in [-0.15, -0.1) is 0 Å². The standard InChI is InChI=1S/C33H39N3O9S/c1-23-20-24(32(37)35-13-16-43-15-12-34)21-25(22-44-18-17-42-2)31(23)45-33(38)30-26-8-3-5-10-28(26)36(14-7-19-46(39,40)41)29-11-6-4-9-27(29)30/h3-6,8-11,20-21H,7,12-19,22,34H2,1-2H3,(H-,35,37,39,40,41). The largest absolute Gasteiger partial charge is 0.748 e. The number of pyridine rings is 1. The highest BCUT2D eigenvalue weighted by Crippen LogP contribution is 2.31. The lowest BCUT2D eigenvalue weighted by Gasteiger charge is -2.17. The third-order valence-corrected chi connectivity index (χ3v) is 7.99. The van der Waals surface area contributed by atoms with Gasteiger partial charge in [0.05, 0.1) is 59.5 Å². The summed E-state index contributed by atoms with van der Waals surface area (Å²) in [5.74, 6) is -1.16. The van der Waals surface area contributed by atoms with Crippen molar-refractivity contribution >= 4 is 43.8 Å². The molecule has 246 valence electrons. The SMILES string of the molecule is COCCOCc1cc(C(=O)NCCOCCN)cc(C)c1OC(=O)c1c2ccccc2[n+](CCCS(=O)(=O)[O-])c2ccccc12. The van der Waals surface area contributed by atoms with Crippen molar-refractivity contribution in [2.24, 2.45) is 5.73 Å². The normalized spacial score (nSPS) is 11.7. The van der Waals surface area contributed by atoms with Gasteiger partial charge in [-0.25, -0.2) is 13.2 Å². The van der Waals surface area contributed by atoms with Gasteiger partial charge in [-0.2, -0.15) is 4.57 Å². The van der Waals surface area contributed by atoms with Crippen molar-refractivity contribution in [1.82, 2.24) is 5.32 Å². The molecule has 46 heavy (non-hydrogen) atoms. The number of hydrogen-bond acceptors (Lipinski definition) is 10. The monoisotopic (exact) mass is 653 g/mol. The molecule has 0 fully saturated rings. The van der Waals surface area contributed by atoms with Gasteiger partial charge in [-0.3, -0.25) is 4.79 Å². The second-order valence-corrected chi connectivity index (χ2v) is 12.1. The zero-order valence-electron chi connectivity index (χ0n) is 26.0. The van der Waals surface area contributed by atoms with E-state index in [9.17, 15) is 22.6 Å². The summed E-state index contributed by atoms with van der Waals surface area (Å²) in [6, 6.07) is 17.8. The van der Waals surface area contributed by atoms with E-state index in [1.165, 1.54) is 0 Å². The molecule has 0 aliphatic heterocycles. The quantitative estimate of drug-likeness (QED) is 0.0431. The van der Waals surface area contributed by atoms with Crippen LogP contribution >= 0.6 is 0 Å². The zero-order chi connectivity index (χ0) is 33.1. The van der Waals surface area contributed by atoms with Crippen molar-refractivity contribution in [3.05, 3.63) is 82.9 Å². The van der Waals surface area contributed by atoms with Crippen molar-refractivity contribution in [3.63, 3.8) is 0 Å². The summed E-state index contributed by atoms with van der Waals surface area (Å²) < 4.78 is 58.1. The minimum Gasteiger partial charge on any atom is -0.748 e. The number of amides is 1. The van der Waals surface area contributed by atoms with Gasteiger partial charge in [0, 0.05) is 55.6 Å². The Morgan fingerprint density at radius 2 is 1.61 bits per heavy atom. The van der Waals surface area contributed by atoms with Crippen molar-refractivity contribution in [2.75, 3.05) is 52.4 Å². The van der Waals surface area contributed by atoms with Crippen molar-refractivity contribution in [3.8, 4) is 5.75 Å². The van der Waals surface area contributed by atoms with Crippen molar-refractivity contribution in [2.45, 2.75) is 26.5 Å². The van der Waals surface area contributed by atoms with Crippen LogP contribution in [0.3, 0.4) is 0 Å². The molecule has 0 spiro atoms. The Morgan fingerprint density at radius 3 is 2.24 bits per heavy atom. The molecule has 13 heteroatoms. The first-order chi connectivity index (χ1) is 22.1. The molecule has 0 saturated carbocycles. The molecule has 0 aliphatic carbocycles. The van der Waals surface area contributed by atoms with Crippen LogP contribution in [0.4, 0.5) is 0 Å². The van der Waals surface area contributed by atoms with Crippen LogP contribution < -0.4 is 20.4 Å². The number of rotatable bonds is 17. The van der Waals surface area contributed by atoms with Gasteiger partial charge < -0.3 is 34.6 Å². The Balaban J connectivity index is 1.71. The first kappa shape index (κ1) is 34.9. The number of benzene rings is 3. The maximum atomic E-state index is 14.1. The van der Waals surface area contributed by atoms with E-state index in [1.807, 2.05) is 28.8 Å². The van der Waals surface area contributed by atoms with Gasteiger partial charge in [0.1, 0.15) is 5.75 Å². The number of carbonyl (C=O) groups excluding carboxylic acids is 2.